The minimum absolute atomic E-state index is 0.150. The van der Waals surface area contributed by atoms with Gasteiger partial charge in [-0.05, 0) is 19.4 Å². The summed E-state index contributed by atoms with van der Waals surface area (Å²) >= 11 is 0. The highest BCUT2D eigenvalue weighted by Crippen LogP contribution is 2.25. The van der Waals surface area contributed by atoms with Crippen molar-refractivity contribution in [1.29, 1.82) is 0 Å². The van der Waals surface area contributed by atoms with E-state index in [1.54, 1.807) is 6.20 Å². The summed E-state index contributed by atoms with van der Waals surface area (Å²) in [5.41, 5.74) is 5.91. The van der Waals surface area contributed by atoms with E-state index in [0.29, 0.717) is 0 Å². The number of hydrogen-bond donors (Lipinski definition) is 2. The zero-order valence-electron chi connectivity index (χ0n) is 8.76. The van der Waals surface area contributed by atoms with Gasteiger partial charge in [-0.3, -0.25) is 0 Å². The van der Waals surface area contributed by atoms with Gasteiger partial charge < -0.3 is 15.8 Å². The quantitative estimate of drug-likeness (QED) is 0.749. The molecule has 82 valence electrons. The Morgan fingerprint density at radius 3 is 3.13 bits per heavy atom. The van der Waals surface area contributed by atoms with E-state index in [0.717, 1.165) is 18.8 Å². The SMILES string of the molecule is CCOC1CC(N)C1Nc1ccncn1. The summed E-state index contributed by atoms with van der Waals surface area (Å²) in [4.78, 5) is 7.95. The van der Waals surface area contributed by atoms with Crippen LogP contribution >= 0.6 is 0 Å². The van der Waals surface area contributed by atoms with Crippen molar-refractivity contribution in [3.05, 3.63) is 18.6 Å². The molecule has 1 aromatic rings. The van der Waals surface area contributed by atoms with Crippen LogP contribution in [0.3, 0.4) is 0 Å². The fourth-order valence-electron chi connectivity index (χ4n) is 1.77. The van der Waals surface area contributed by atoms with Gasteiger partial charge in [-0.1, -0.05) is 0 Å². The van der Waals surface area contributed by atoms with Crippen molar-refractivity contribution < 1.29 is 4.74 Å². The summed E-state index contributed by atoms with van der Waals surface area (Å²) in [6.45, 7) is 2.71. The number of hydrogen-bond acceptors (Lipinski definition) is 5. The van der Waals surface area contributed by atoms with Gasteiger partial charge in [0.25, 0.3) is 0 Å². The molecular weight excluding hydrogens is 192 g/mol. The maximum atomic E-state index is 5.91. The first-order valence-electron chi connectivity index (χ1n) is 5.21. The smallest absolute Gasteiger partial charge is 0.129 e. The van der Waals surface area contributed by atoms with E-state index in [-0.39, 0.29) is 18.2 Å². The normalized spacial score (nSPS) is 29.6. The molecule has 3 unspecified atom stereocenters. The molecule has 3 atom stereocenters. The van der Waals surface area contributed by atoms with Gasteiger partial charge >= 0.3 is 0 Å². The second-order valence-electron chi connectivity index (χ2n) is 3.66. The molecule has 1 fully saturated rings. The third kappa shape index (κ3) is 2.24. The second kappa shape index (κ2) is 4.55. The fraction of sp³-hybridized carbons (Fsp3) is 0.600. The topological polar surface area (TPSA) is 73.1 Å². The Labute approximate surface area is 89.1 Å². The lowest BCUT2D eigenvalue weighted by Gasteiger charge is -2.42. The lowest BCUT2D eigenvalue weighted by molar-refractivity contribution is -0.0127. The molecule has 0 amide bonds. The summed E-state index contributed by atoms with van der Waals surface area (Å²) in [6, 6.07) is 2.14. The van der Waals surface area contributed by atoms with Crippen LogP contribution in [0.2, 0.25) is 0 Å². The average molecular weight is 208 g/mol. The molecule has 15 heavy (non-hydrogen) atoms. The third-order valence-corrected chi connectivity index (χ3v) is 2.64. The van der Waals surface area contributed by atoms with Gasteiger partial charge in [-0.15, -0.1) is 0 Å². The van der Waals surface area contributed by atoms with Crippen molar-refractivity contribution in [2.75, 3.05) is 11.9 Å². The molecule has 0 radical (unpaired) electrons. The predicted molar refractivity (Wildman–Crippen MR) is 57.4 cm³/mol. The maximum Gasteiger partial charge on any atom is 0.129 e. The van der Waals surface area contributed by atoms with Crippen molar-refractivity contribution >= 4 is 5.82 Å². The van der Waals surface area contributed by atoms with Crippen molar-refractivity contribution in [2.24, 2.45) is 5.73 Å². The van der Waals surface area contributed by atoms with Crippen LogP contribution in [-0.4, -0.2) is 34.8 Å². The number of nitrogens with two attached hydrogens (primary N) is 1. The summed E-state index contributed by atoms with van der Waals surface area (Å²) in [7, 11) is 0. The Bertz CT molecular complexity index is 304. The Kier molecular flexibility index (Phi) is 3.13. The molecule has 2 rings (SSSR count). The van der Waals surface area contributed by atoms with Crippen LogP contribution in [0.15, 0.2) is 18.6 Å². The molecule has 5 heteroatoms. The largest absolute Gasteiger partial charge is 0.376 e. The first-order chi connectivity index (χ1) is 7.31. The standard InChI is InChI=1S/C10H16N4O/c1-2-15-8-5-7(11)10(8)14-9-3-4-12-6-13-9/h3-4,6-8,10H,2,5,11H2,1H3,(H,12,13,14). The second-order valence-corrected chi connectivity index (χ2v) is 3.66. The number of anilines is 1. The molecule has 1 aromatic heterocycles. The highest BCUT2D eigenvalue weighted by atomic mass is 16.5. The highest BCUT2D eigenvalue weighted by Gasteiger charge is 2.39. The van der Waals surface area contributed by atoms with E-state index in [2.05, 4.69) is 15.3 Å². The van der Waals surface area contributed by atoms with Crippen molar-refractivity contribution in [1.82, 2.24) is 9.97 Å². The van der Waals surface area contributed by atoms with Crippen LogP contribution in [0.25, 0.3) is 0 Å². The van der Waals surface area contributed by atoms with E-state index in [1.165, 1.54) is 6.33 Å². The van der Waals surface area contributed by atoms with Crippen LogP contribution in [0.4, 0.5) is 5.82 Å². The van der Waals surface area contributed by atoms with Gasteiger partial charge in [0.15, 0.2) is 0 Å². The molecule has 0 spiro atoms. The summed E-state index contributed by atoms with van der Waals surface area (Å²) in [5.74, 6) is 0.801. The van der Waals surface area contributed by atoms with Crippen molar-refractivity contribution in [3.63, 3.8) is 0 Å². The molecular formula is C10H16N4O. The Morgan fingerprint density at radius 1 is 1.67 bits per heavy atom. The molecule has 0 saturated heterocycles. The zero-order chi connectivity index (χ0) is 10.7. The van der Waals surface area contributed by atoms with Crippen LogP contribution in [0.5, 0.6) is 0 Å². The van der Waals surface area contributed by atoms with E-state index in [9.17, 15) is 0 Å². The molecule has 0 bridgehead atoms. The Morgan fingerprint density at radius 2 is 2.53 bits per heavy atom. The minimum Gasteiger partial charge on any atom is -0.376 e. The predicted octanol–water partition coefficient (Wildman–Crippen LogP) is 0.393. The molecule has 1 aliphatic carbocycles. The van der Waals surface area contributed by atoms with Crippen LogP contribution in [-0.2, 0) is 4.74 Å². The Hall–Kier alpha value is -1.20. The number of ether oxygens (including phenoxy) is 1. The van der Waals surface area contributed by atoms with Gasteiger partial charge in [0.1, 0.15) is 12.1 Å². The lowest BCUT2D eigenvalue weighted by Crippen LogP contribution is -2.60. The first kappa shape index (κ1) is 10.3. The number of aromatic nitrogens is 2. The third-order valence-electron chi connectivity index (χ3n) is 2.64. The molecule has 1 aliphatic rings. The average Bonchev–Trinajstić information content (AvgIpc) is 2.27. The lowest BCUT2D eigenvalue weighted by atomic mass is 9.83. The Balaban J connectivity index is 1.93. The molecule has 0 aromatic carbocycles. The van der Waals surface area contributed by atoms with Crippen molar-refractivity contribution in [2.45, 2.75) is 31.5 Å². The molecule has 0 aliphatic heterocycles. The monoisotopic (exact) mass is 208 g/mol. The van der Waals surface area contributed by atoms with Crippen LogP contribution < -0.4 is 11.1 Å². The van der Waals surface area contributed by atoms with Crippen molar-refractivity contribution in [3.8, 4) is 0 Å². The molecule has 5 nitrogen and oxygen atoms in total. The number of nitrogens with one attached hydrogen (secondary N) is 1. The van der Waals surface area contributed by atoms with Gasteiger partial charge in [0.2, 0.25) is 0 Å². The highest BCUT2D eigenvalue weighted by molar-refractivity contribution is 5.35. The van der Waals surface area contributed by atoms with E-state index < -0.39 is 0 Å². The molecule has 1 saturated carbocycles. The summed E-state index contributed by atoms with van der Waals surface area (Å²) < 4.78 is 5.55. The van der Waals surface area contributed by atoms with Gasteiger partial charge in [-0.25, -0.2) is 9.97 Å². The molecule has 3 N–H and O–H groups in total. The van der Waals surface area contributed by atoms with Gasteiger partial charge in [0, 0.05) is 18.8 Å². The summed E-state index contributed by atoms with van der Waals surface area (Å²) in [6.07, 6.45) is 4.34. The van der Waals surface area contributed by atoms with Gasteiger partial charge in [0.05, 0.1) is 12.1 Å². The fourth-order valence-corrected chi connectivity index (χ4v) is 1.77. The van der Waals surface area contributed by atoms with Crippen LogP contribution in [0.1, 0.15) is 13.3 Å². The van der Waals surface area contributed by atoms with E-state index in [1.807, 2.05) is 13.0 Å². The van der Waals surface area contributed by atoms with E-state index >= 15 is 0 Å². The minimum atomic E-state index is 0.150. The van der Waals surface area contributed by atoms with E-state index in [4.69, 9.17) is 10.5 Å². The zero-order valence-corrected chi connectivity index (χ0v) is 8.76. The van der Waals surface area contributed by atoms with Gasteiger partial charge in [-0.2, -0.15) is 0 Å². The number of nitrogens with zero attached hydrogens (tertiary/aromatic N) is 2. The molecule has 1 heterocycles. The summed E-state index contributed by atoms with van der Waals surface area (Å²) in [5, 5.41) is 3.26. The van der Waals surface area contributed by atoms with Crippen LogP contribution in [0, 0.1) is 0 Å². The number of rotatable bonds is 4. The maximum absolute atomic E-state index is 5.91. The first-order valence-corrected chi connectivity index (χ1v) is 5.21.